The smallest absolute Gasteiger partial charge is 0.220 e. The first-order valence-corrected chi connectivity index (χ1v) is 16.3. The first-order valence-electron chi connectivity index (χ1n) is 15.5. The monoisotopic (exact) mass is 660 g/mol. The number of ether oxygens (including phenoxy) is 2. The molecule has 1 aromatic heterocycles. The first kappa shape index (κ1) is 32.3. The maximum atomic E-state index is 11.5. The van der Waals surface area contributed by atoms with E-state index in [2.05, 4.69) is 21.6 Å². The van der Waals surface area contributed by atoms with Crippen LogP contribution >= 0.6 is 23.2 Å². The lowest BCUT2D eigenvalue weighted by molar-refractivity contribution is -0.119. The second-order valence-electron chi connectivity index (χ2n) is 11.7. The molecule has 1 atom stereocenters. The molecule has 2 aliphatic rings. The van der Waals surface area contributed by atoms with E-state index in [1.54, 1.807) is 14.2 Å². The SMILES string of the molecule is COc1cc(-c2cccc(-c3cccc(-c4ccc(CNC[C@@H]5CCC(=O)N5)c(OC)n4)c3Cl)c2Cl)cc2c1CN(CCO)CC2. The molecule has 0 bridgehead atoms. The van der Waals surface area contributed by atoms with Crippen LogP contribution in [0.3, 0.4) is 0 Å². The molecule has 0 spiro atoms. The van der Waals surface area contributed by atoms with Crippen molar-refractivity contribution in [2.45, 2.75) is 38.4 Å². The molecule has 6 rings (SSSR count). The number of nitrogens with one attached hydrogen (secondary N) is 2. The summed E-state index contributed by atoms with van der Waals surface area (Å²) in [4.78, 5) is 18.5. The molecule has 2 aliphatic heterocycles. The number of benzene rings is 3. The van der Waals surface area contributed by atoms with Gasteiger partial charge in [0, 0.05) is 78.6 Å². The Morgan fingerprint density at radius 3 is 2.41 bits per heavy atom. The van der Waals surface area contributed by atoms with Crippen LogP contribution in [0.25, 0.3) is 33.5 Å². The first-order chi connectivity index (χ1) is 22.4. The molecule has 8 nitrogen and oxygen atoms in total. The van der Waals surface area contributed by atoms with Crippen molar-refractivity contribution in [3.63, 3.8) is 0 Å². The Morgan fingerprint density at radius 2 is 1.72 bits per heavy atom. The fourth-order valence-corrected chi connectivity index (χ4v) is 7.06. The van der Waals surface area contributed by atoms with Gasteiger partial charge in [-0.3, -0.25) is 9.69 Å². The number of hydrogen-bond donors (Lipinski definition) is 3. The molecule has 1 amide bonds. The summed E-state index contributed by atoms with van der Waals surface area (Å²) in [6.45, 7) is 3.65. The minimum absolute atomic E-state index is 0.105. The molecule has 4 aromatic rings. The summed E-state index contributed by atoms with van der Waals surface area (Å²) in [6, 6.07) is 20.2. The molecule has 0 radical (unpaired) electrons. The Kier molecular flexibility index (Phi) is 10.1. The van der Waals surface area contributed by atoms with Crippen LogP contribution in [-0.4, -0.2) is 67.4 Å². The predicted octanol–water partition coefficient (Wildman–Crippen LogP) is 6.13. The van der Waals surface area contributed by atoms with Gasteiger partial charge in [-0.25, -0.2) is 4.98 Å². The molecule has 0 aliphatic carbocycles. The van der Waals surface area contributed by atoms with E-state index in [1.165, 1.54) is 5.56 Å². The van der Waals surface area contributed by atoms with Crippen molar-refractivity contribution in [3.8, 4) is 45.1 Å². The van der Waals surface area contributed by atoms with Crippen LogP contribution in [0.4, 0.5) is 0 Å². The van der Waals surface area contributed by atoms with E-state index >= 15 is 0 Å². The third kappa shape index (κ3) is 6.73. The van der Waals surface area contributed by atoms with Gasteiger partial charge in [-0.1, -0.05) is 71.7 Å². The maximum Gasteiger partial charge on any atom is 0.220 e. The molecule has 0 unspecified atom stereocenters. The minimum atomic E-state index is 0.105. The number of nitrogens with zero attached hydrogens (tertiary/aromatic N) is 2. The van der Waals surface area contributed by atoms with Gasteiger partial charge in [-0.2, -0.15) is 0 Å². The number of aliphatic hydroxyl groups excluding tert-OH is 1. The van der Waals surface area contributed by atoms with Gasteiger partial charge in [-0.05, 0) is 36.1 Å². The van der Waals surface area contributed by atoms with Gasteiger partial charge < -0.3 is 25.2 Å². The average Bonchev–Trinajstić information content (AvgIpc) is 3.49. The standard InChI is InChI=1S/C36H38Cl2N4O4/c1-45-32-18-24(17-22-13-14-42(15-16-43)21-30(22)32)26-5-3-6-27(34(26)37)28-7-4-8-29(35(28)38)31-11-9-23(36(41-31)46-2)19-39-20-25-10-12-33(44)40-25/h3-9,11,17-18,25,39,43H,10,12-16,19-21H2,1-2H3,(H,40,44)/t25-/m0/s1. The fraction of sp³-hybridized carbons (Fsp3) is 0.333. The van der Waals surface area contributed by atoms with Crippen molar-refractivity contribution in [3.05, 3.63) is 87.4 Å². The maximum absolute atomic E-state index is 11.5. The third-order valence-corrected chi connectivity index (χ3v) is 9.63. The molecule has 3 aromatic carbocycles. The Balaban J connectivity index is 1.28. The number of fused-ring (bicyclic) bond motifs is 1. The summed E-state index contributed by atoms with van der Waals surface area (Å²) in [7, 11) is 3.30. The number of amides is 1. The Bertz CT molecular complexity index is 1730. The number of halogens is 2. The second kappa shape index (κ2) is 14.4. The summed E-state index contributed by atoms with van der Waals surface area (Å²) >= 11 is 14.3. The molecule has 240 valence electrons. The largest absolute Gasteiger partial charge is 0.496 e. The number of aliphatic hydroxyl groups is 1. The zero-order chi connectivity index (χ0) is 32.2. The lowest BCUT2D eigenvalue weighted by Crippen LogP contribution is -2.35. The topological polar surface area (TPSA) is 96.0 Å². The molecule has 3 heterocycles. The van der Waals surface area contributed by atoms with Crippen LogP contribution in [0.5, 0.6) is 11.6 Å². The minimum Gasteiger partial charge on any atom is -0.496 e. The van der Waals surface area contributed by atoms with Crippen LogP contribution in [0.2, 0.25) is 10.0 Å². The van der Waals surface area contributed by atoms with Gasteiger partial charge in [0.1, 0.15) is 5.75 Å². The molecule has 1 fully saturated rings. The molecule has 10 heteroatoms. The van der Waals surface area contributed by atoms with Crippen LogP contribution < -0.4 is 20.1 Å². The number of aromatic nitrogens is 1. The summed E-state index contributed by atoms with van der Waals surface area (Å²) < 4.78 is 11.5. The van der Waals surface area contributed by atoms with Crippen molar-refractivity contribution in [2.75, 3.05) is 40.5 Å². The highest BCUT2D eigenvalue weighted by atomic mass is 35.5. The van der Waals surface area contributed by atoms with Crippen molar-refractivity contribution in [1.29, 1.82) is 0 Å². The van der Waals surface area contributed by atoms with Gasteiger partial charge in [0.05, 0.1) is 36.6 Å². The third-order valence-electron chi connectivity index (χ3n) is 8.81. The van der Waals surface area contributed by atoms with Crippen LogP contribution in [-0.2, 0) is 24.3 Å². The second-order valence-corrected chi connectivity index (χ2v) is 12.5. The lowest BCUT2D eigenvalue weighted by atomic mass is 9.92. The Morgan fingerprint density at radius 1 is 0.978 bits per heavy atom. The fourth-order valence-electron chi connectivity index (χ4n) is 6.40. The molecule has 0 saturated carbocycles. The molecule has 1 saturated heterocycles. The zero-order valence-corrected chi connectivity index (χ0v) is 27.5. The quantitative estimate of drug-likeness (QED) is 0.178. The van der Waals surface area contributed by atoms with E-state index < -0.39 is 0 Å². The van der Waals surface area contributed by atoms with E-state index in [0.717, 1.165) is 70.6 Å². The zero-order valence-electron chi connectivity index (χ0n) is 26.0. The van der Waals surface area contributed by atoms with Gasteiger partial charge in [-0.15, -0.1) is 0 Å². The van der Waals surface area contributed by atoms with E-state index in [1.807, 2.05) is 54.6 Å². The van der Waals surface area contributed by atoms with Gasteiger partial charge in [0.25, 0.3) is 0 Å². The summed E-state index contributed by atoms with van der Waals surface area (Å²) in [6.07, 6.45) is 2.29. The highest BCUT2D eigenvalue weighted by Gasteiger charge is 2.23. The van der Waals surface area contributed by atoms with Crippen LogP contribution in [0.15, 0.2) is 60.7 Å². The van der Waals surface area contributed by atoms with E-state index in [4.69, 9.17) is 37.7 Å². The summed E-state index contributed by atoms with van der Waals surface area (Å²) in [5.41, 5.74) is 8.27. The van der Waals surface area contributed by atoms with Crippen LogP contribution in [0.1, 0.15) is 29.5 Å². The molecule has 3 N–H and O–H groups in total. The number of β-amino-alcohol motifs (C(OH)–C–C–N with tert-alkyl or cyclic N) is 1. The summed E-state index contributed by atoms with van der Waals surface area (Å²) in [5, 5.41) is 16.9. The highest BCUT2D eigenvalue weighted by Crippen LogP contribution is 2.44. The number of hydrogen-bond acceptors (Lipinski definition) is 7. The normalized spacial score (nSPS) is 16.3. The molecular weight excluding hydrogens is 623 g/mol. The van der Waals surface area contributed by atoms with Crippen molar-refractivity contribution in [1.82, 2.24) is 20.5 Å². The van der Waals surface area contributed by atoms with E-state index in [-0.39, 0.29) is 18.6 Å². The van der Waals surface area contributed by atoms with Gasteiger partial charge >= 0.3 is 0 Å². The Labute approximate surface area is 279 Å². The number of carbonyl (C=O) groups is 1. The number of pyridine rings is 1. The highest BCUT2D eigenvalue weighted by molar-refractivity contribution is 6.39. The van der Waals surface area contributed by atoms with Crippen molar-refractivity contribution < 1.29 is 19.4 Å². The van der Waals surface area contributed by atoms with Crippen molar-refractivity contribution >= 4 is 29.1 Å². The Hall–Kier alpha value is -3.66. The van der Waals surface area contributed by atoms with E-state index in [9.17, 15) is 9.90 Å². The number of rotatable bonds is 11. The van der Waals surface area contributed by atoms with Crippen molar-refractivity contribution in [2.24, 2.45) is 0 Å². The number of methoxy groups -OCH3 is 2. The summed E-state index contributed by atoms with van der Waals surface area (Å²) in [5.74, 6) is 1.44. The lowest BCUT2D eigenvalue weighted by Gasteiger charge is -2.30. The van der Waals surface area contributed by atoms with Crippen LogP contribution in [0, 0.1) is 0 Å². The van der Waals surface area contributed by atoms with Gasteiger partial charge in [0.2, 0.25) is 11.8 Å². The molecular formula is C36H38Cl2N4O4. The molecule has 46 heavy (non-hydrogen) atoms. The number of carbonyl (C=O) groups excluding carboxylic acids is 1. The predicted molar refractivity (Wildman–Crippen MR) is 183 cm³/mol. The van der Waals surface area contributed by atoms with E-state index in [0.29, 0.717) is 47.7 Å². The van der Waals surface area contributed by atoms with Gasteiger partial charge in [0.15, 0.2) is 0 Å². The average molecular weight is 662 g/mol.